The maximum absolute atomic E-state index is 10.3. The molecule has 1 saturated heterocycles. The van der Waals surface area contributed by atoms with Gasteiger partial charge in [-0.15, -0.1) is 5.73 Å². The van der Waals surface area contributed by atoms with Gasteiger partial charge in [-0.05, 0) is 37.7 Å². The Morgan fingerprint density at radius 2 is 2.15 bits per heavy atom. The van der Waals surface area contributed by atoms with Crippen LogP contribution in [-0.2, 0) is 4.74 Å². The van der Waals surface area contributed by atoms with Gasteiger partial charge in [0.25, 0.3) is 0 Å². The topological polar surface area (TPSA) is 29.5 Å². The van der Waals surface area contributed by atoms with Gasteiger partial charge in [0.15, 0.2) is 0 Å². The standard InChI is InChI=1S/C18H32O2/c1-6-8-12-18(5)16(17(19)11-13-20-18)10-9-15(7-2)14(3)4/h9,14-15,17,19H,6-8,11-13H2,1-5H3/t10?,15?,17-,18+/m0/s1. The second-order valence-corrected chi connectivity index (χ2v) is 6.53. The SMILES string of the molecule is CCCC[C@@]1(C)OCC[C@H](O)C1=C=CC(CC)C(C)C. The normalized spacial score (nSPS) is 28.4. The van der Waals surface area contributed by atoms with Crippen LogP contribution in [-0.4, -0.2) is 23.4 Å². The van der Waals surface area contributed by atoms with E-state index in [-0.39, 0.29) is 5.60 Å². The summed E-state index contributed by atoms with van der Waals surface area (Å²) < 4.78 is 6.00. The average Bonchev–Trinajstić information content (AvgIpc) is 2.40. The molecule has 2 heteroatoms. The van der Waals surface area contributed by atoms with Crippen LogP contribution in [0.1, 0.15) is 66.7 Å². The minimum atomic E-state index is -0.397. The highest BCUT2D eigenvalue weighted by Crippen LogP contribution is 2.34. The quantitative estimate of drug-likeness (QED) is 0.727. The maximum atomic E-state index is 10.3. The summed E-state index contributed by atoms with van der Waals surface area (Å²) in [5.74, 6) is 1.13. The number of hydrogen-bond acceptors (Lipinski definition) is 2. The summed E-state index contributed by atoms with van der Waals surface area (Å²) in [6.45, 7) is 11.6. The lowest BCUT2D eigenvalue weighted by molar-refractivity contribution is -0.0649. The molecule has 1 fully saturated rings. The van der Waals surface area contributed by atoms with E-state index in [1.54, 1.807) is 0 Å². The molecule has 0 saturated carbocycles. The number of aliphatic hydroxyl groups excluding tert-OH is 1. The van der Waals surface area contributed by atoms with Crippen LogP contribution in [0.15, 0.2) is 17.4 Å². The third kappa shape index (κ3) is 4.48. The molecule has 1 aliphatic heterocycles. The van der Waals surface area contributed by atoms with Gasteiger partial charge in [-0.2, -0.15) is 0 Å². The monoisotopic (exact) mass is 280 g/mol. The zero-order valence-corrected chi connectivity index (χ0v) is 13.9. The van der Waals surface area contributed by atoms with Crippen molar-refractivity contribution in [3.8, 4) is 0 Å². The van der Waals surface area contributed by atoms with Crippen molar-refractivity contribution in [3.05, 3.63) is 17.4 Å². The lowest BCUT2D eigenvalue weighted by Gasteiger charge is -2.38. The summed E-state index contributed by atoms with van der Waals surface area (Å²) in [6, 6.07) is 0. The van der Waals surface area contributed by atoms with E-state index in [2.05, 4.69) is 46.4 Å². The Labute approximate surface area is 124 Å². The predicted octanol–water partition coefficient (Wildman–Crippen LogP) is 4.48. The minimum Gasteiger partial charge on any atom is -0.388 e. The Morgan fingerprint density at radius 3 is 2.70 bits per heavy atom. The van der Waals surface area contributed by atoms with Crippen molar-refractivity contribution in [1.82, 2.24) is 0 Å². The van der Waals surface area contributed by atoms with Crippen molar-refractivity contribution in [1.29, 1.82) is 0 Å². The molecule has 1 rings (SSSR count). The summed E-state index contributed by atoms with van der Waals surface area (Å²) in [5, 5.41) is 10.3. The molecule has 1 unspecified atom stereocenters. The van der Waals surface area contributed by atoms with Crippen LogP contribution in [0.3, 0.4) is 0 Å². The van der Waals surface area contributed by atoms with Crippen LogP contribution in [0.25, 0.3) is 0 Å². The molecule has 0 aromatic carbocycles. The highest BCUT2D eigenvalue weighted by atomic mass is 16.5. The van der Waals surface area contributed by atoms with E-state index in [9.17, 15) is 5.11 Å². The minimum absolute atomic E-state index is 0.334. The predicted molar refractivity (Wildman–Crippen MR) is 84.7 cm³/mol. The second-order valence-electron chi connectivity index (χ2n) is 6.53. The van der Waals surface area contributed by atoms with E-state index in [1.807, 2.05) is 0 Å². The smallest absolute Gasteiger partial charge is 0.0962 e. The van der Waals surface area contributed by atoms with Crippen LogP contribution < -0.4 is 0 Å². The lowest BCUT2D eigenvalue weighted by Crippen LogP contribution is -2.42. The van der Waals surface area contributed by atoms with Gasteiger partial charge < -0.3 is 9.84 Å². The second kappa shape index (κ2) is 8.02. The van der Waals surface area contributed by atoms with Gasteiger partial charge in [-0.25, -0.2) is 0 Å². The molecular formula is C18H32O2. The van der Waals surface area contributed by atoms with Gasteiger partial charge in [-0.1, -0.05) is 40.5 Å². The summed E-state index contributed by atoms with van der Waals surface area (Å²) in [5.41, 5.74) is 4.04. The fourth-order valence-corrected chi connectivity index (χ4v) is 2.92. The zero-order chi connectivity index (χ0) is 15.2. The van der Waals surface area contributed by atoms with E-state index in [0.29, 0.717) is 24.9 Å². The highest BCUT2D eigenvalue weighted by molar-refractivity contribution is 5.22. The molecule has 3 atom stereocenters. The molecule has 0 amide bonds. The molecule has 1 N–H and O–H groups in total. The Balaban J connectivity index is 3.02. The molecule has 0 spiro atoms. The van der Waals surface area contributed by atoms with Gasteiger partial charge in [0, 0.05) is 12.0 Å². The summed E-state index contributed by atoms with van der Waals surface area (Å²) in [6.07, 6.45) is 6.80. The van der Waals surface area contributed by atoms with E-state index in [0.717, 1.165) is 31.3 Å². The molecule has 20 heavy (non-hydrogen) atoms. The molecule has 1 heterocycles. The average molecular weight is 280 g/mol. The largest absolute Gasteiger partial charge is 0.388 e. The van der Waals surface area contributed by atoms with Crippen molar-refractivity contribution in [2.24, 2.45) is 11.8 Å². The number of unbranched alkanes of at least 4 members (excludes halogenated alkanes) is 1. The Hall–Kier alpha value is -0.560. The fraction of sp³-hybridized carbons (Fsp3) is 0.833. The van der Waals surface area contributed by atoms with Gasteiger partial charge in [0.1, 0.15) is 0 Å². The Bertz CT molecular complexity index is 352. The van der Waals surface area contributed by atoms with Crippen LogP contribution >= 0.6 is 0 Å². The van der Waals surface area contributed by atoms with Crippen molar-refractivity contribution in [2.45, 2.75) is 78.4 Å². The molecule has 1 aliphatic rings. The van der Waals surface area contributed by atoms with E-state index in [4.69, 9.17) is 4.74 Å². The maximum Gasteiger partial charge on any atom is 0.0962 e. The van der Waals surface area contributed by atoms with Gasteiger partial charge in [0.2, 0.25) is 0 Å². The third-order valence-corrected chi connectivity index (χ3v) is 4.50. The molecule has 0 aliphatic carbocycles. The lowest BCUT2D eigenvalue weighted by atomic mass is 9.83. The van der Waals surface area contributed by atoms with Gasteiger partial charge in [-0.3, -0.25) is 0 Å². The van der Waals surface area contributed by atoms with E-state index >= 15 is 0 Å². The summed E-state index contributed by atoms with van der Waals surface area (Å²) in [4.78, 5) is 0. The Kier molecular flexibility index (Phi) is 7.02. The van der Waals surface area contributed by atoms with Crippen molar-refractivity contribution < 1.29 is 9.84 Å². The van der Waals surface area contributed by atoms with Crippen LogP contribution in [0, 0.1) is 11.8 Å². The summed E-state index contributed by atoms with van der Waals surface area (Å²) >= 11 is 0. The molecule has 0 aromatic rings. The molecular weight excluding hydrogens is 248 g/mol. The van der Waals surface area contributed by atoms with E-state index in [1.165, 1.54) is 0 Å². The number of ether oxygens (including phenoxy) is 1. The van der Waals surface area contributed by atoms with Crippen molar-refractivity contribution in [2.75, 3.05) is 6.61 Å². The Morgan fingerprint density at radius 1 is 1.45 bits per heavy atom. The zero-order valence-electron chi connectivity index (χ0n) is 13.9. The number of hydrogen-bond donors (Lipinski definition) is 1. The molecule has 2 nitrogen and oxygen atoms in total. The molecule has 116 valence electrons. The van der Waals surface area contributed by atoms with Gasteiger partial charge >= 0.3 is 0 Å². The third-order valence-electron chi connectivity index (χ3n) is 4.50. The summed E-state index contributed by atoms with van der Waals surface area (Å²) in [7, 11) is 0. The van der Waals surface area contributed by atoms with Crippen LogP contribution in [0.5, 0.6) is 0 Å². The van der Waals surface area contributed by atoms with Crippen molar-refractivity contribution in [3.63, 3.8) is 0 Å². The fourth-order valence-electron chi connectivity index (χ4n) is 2.92. The van der Waals surface area contributed by atoms with Crippen LogP contribution in [0.4, 0.5) is 0 Å². The molecule has 0 aromatic heterocycles. The van der Waals surface area contributed by atoms with Crippen molar-refractivity contribution >= 4 is 0 Å². The first-order valence-corrected chi connectivity index (χ1v) is 8.23. The molecule has 0 radical (unpaired) electrons. The first-order valence-electron chi connectivity index (χ1n) is 8.23. The molecule has 0 bridgehead atoms. The van der Waals surface area contributed by atoms with E-state index < -0.39 is 6.10 Å². The number of aliphatic hydroxyl groups is 1. The number of rotatable bonds is 6. The van der Waals surface area contributed by atoms with Crippen LogP contribution in [0.2, 0.25) is 0 Å². The highest BCUT2D eigenvalue weighted by Gasteiger charge is 2.37. The first kappa shape index (κ1) is 17.5. The first-order chi connectivity index (χ1) is 9.44. The van der Waals surface area contributed by atoms with Gasteiger partial charge in [0.05, 0.1) is 18.3 Å².